The molecule has 0 spiro atoms. The molecule has 0 radical (unpaired) electrons. The summed E-state index contributed by atoms with van der Waals surface area (Å²) in [4.78, 5) is 13.4. The van der Waals surface area contributed by atoms with Crippen molar-refractivity contribution in [3.63, 3.8) is 0 Å². The average molecular weight is 292 g/mol. The number of nitrogens with two attached hydrogens (primary N) is 1. The molecule has 6 nitrogen and oxygen atoms in total. The number of fused-ring (bicyclic) bond motifs is 1. The smallest absolute Gasteiger partial charge is 0.263 e. The van der Waals surface area contributed by atoms with Gasteiger partial charge in [-0.15, -0.1) is 16.4 Å². The first kappa shape index (κ1) is 13.3. The van der Waals surface area contributed by atoms with Crippen molar-refractivity contribution < 1.29 is 9.53 Å². The SMILES string of the molecule is CC1(CNC(=O)c2sc3nnccc3c2N)CCCO1. The van der Waals surface area contributed by atoms with E-state index in [1.165, 1.54) is 11.3 Å². The van der Waals surface area contributed by atoms with E-state index in [0.29, 0.717) is 21.9 Å². The highest BCUT2D eigenvalue weighted by Gasteiger charge is 2.30. The first-order valence-electron chi connectivity index (χ1n) is 6.51. The number of hydrogen-bond donors (Lipinski definition) is 2. The van der Waals surface area contributed by atoms with Crippen molar-refractivity contribution in [2.45, 2.75) is 25.4 Å². The fourth-order valence-corrected chi connectivity index (χ4v) is 3.32. The summed E-state index contributed by atoms with van der Waals surface area (Å²) < 4.78 is 5.65. The number of aromatic nitrogens is 2. The molecule has 3 N–H and O–H groups in total. The molecular formula is C13H16N4O2S. The lowest BCUT2D eigenvalue weighted by Gasteiger charge is -2.23. The molecular weight excluding hydrogens is 276 g/mol. The van der Waals surface area contributed by atoms with Gasteiger partial charge in [0, 0.05) is 18.5 Å². The van der Waals surface area contributed by atoms with Crippen LogP contribution in [0.5, 0.6) is 0 Å². The van der Waals surface area contributed by atoms with Gasteiger partial charge in [-0.2, -0.15) is 5.10 Å². The molecule has 1 fully saturated rings. The first-order chi connectivity index (χ1) is 9.59. The van der Waals surface area contributed by atoms with Gasteiger partial charge in [-0.1, -0.05) is 0 Å². The van der Waals surface area contributed by atoms with E-state index in [-0.39, 0.29) is 11.5 Å². The van der Waals surface area contributed by atoms with Gasteiger partial charge in [-0.3, -0.25) is 4.79 Å². The Morgan fingerprint density at radius 1 is 1.65 bits per heavy atom. The third kappa shape index (κ3) is 2.34. The van der Waals surface area contributed by atoms with Crippen LogP contribution in [0.3, 0.4) is 0 Å². The maximum absolute atomic E-state index is 12.2. The van der Waals surface area contributed by atoms with Crippen molar-refractivity contribution in [2.24, 2.45) is 0 Å². The largest absolute Gasteiger partial charge is 0.397 e. The zero-order chi connectivity index (χ0) is 14.2. The molecule has 1 aliphatic rings. The van der Waals surface area contributed by atoms with Gasteiger partial charge in [-0.05, 0) is 25.8 Å². The van der Waals surface area contributed by atoms with Gasteiger partial charge in [0.1, 0.15) is 9.71 Å². The number of hydrogen-bond acceptors (Lipinski definition) is 6. The molecule has 1 aliphatic heterocycles. The predicted molar refractivity (Wildman–Crippen MR) is 77.8 cm³/mol. The summed E-state index contributed by atoms with van der Waals surface area (Å²) in [6, 6.07) is 1.77. The topological polar surface area (TPSA) is 90.1 Å². The summed E-state index contributed by atoms with van der Waals surface area (Å²) >= 11 is 1.26. The second-order valence-electron chi connectivity index (χ2n) is 5.18. The minimum atomic E-state index is -0.263. The minimum Gasteiger partial charge on any atom is -0.397 e. The van der Waals surface area contributed by atoms with Crippen LogP contribution in [0.25, 0.3) is 10.2 Å². The molecule has 7 heteroatoms. The standard InChI is InChI=1S/C13H16N4O2S/c1-13(4-2-6-19-13)7-15-11(18)10-9(14)8-3-5-16-17-12(8)20-10/h3,5H,2,4,6-7,14H2,1H3,(H,15,18). The lowest BCUT2D eigenvalue weighted by molar-refractivity contribution is 0.0206. The molecule has 2 aromatic heterocycles. The molecule has 0 aliphatic carbocycles. The number of nitrogen functional groups attached to an aromatic ring is 1. The Bertz CT molecular complexity index is 649. The van der Waals surface area contributed by atoms with E-state index in [1.54, 1.807) is 12.3 Å². The Morgan fingerprint density at radius 3 is 3.20 bits per heavy atom. The fraction of sp³-hybridized carbons (Fsp3) is 0.462. The first-order valence-corrected chi connectivity index (χ1v) is 7.32. The van der Waals surface area contributed by atoms with Crippen molar-refractivity contribution in [1.82, 2.24) is 15.5 Å². The molecule has 2 aromatic rings. The van der Waals surface area contributed by atoms with Gasteiger partial charge >= 0.3 is 0 Å². The quantitative estimate of drug-likeness (QED) is 0.896. The van der Waals surface area contributed by atoms with Crippen molar-refractivity contribution in [1.29, 1.82) is 0 Å². The monoisotopic (exact) mass is 292 g/mol. The Kier molecular flexibility index (Phi) is 3.31. The van der Waals surface area contributed by atoms with Crippen molar-refractivity contribution in [3.8, 4) is 0 Å². The van der Waals surface area contributed by atoms with E-state index in [0.717, 1.165) is 24.8 Å². The van der Waals surface area contributed by atoms with Crippen LogP contribution < -0.4 is 11.1 Å². The van der Waals surface area contributed by atoms with Crippen LogP contribution in [0, 0.1) is 0 Å². The lowest BCUT2D eigenvalue weighted by atomic mass is 10.0. The van der Waals surface area contributed by atoms with E-state index >= 15 is 0 Å². The van der Waals surface area contributed by atoms with Crippen LogP contribution in [0.4, 0.5) is 5.69 Å². The van der Waals surface area contributed by atoms with Crippen molar-refractivity contribution >= 4 is 33.1 Å². The molecule has 3 rings (SSSR count). The van der Waals surface area contributed by atoms with Crippen LogP contribution in [-0.4, -0.2) is 34.9 Å². The highest BCUT2D eigenvalue weighted by atomic mass is 32.1. The lowest BCUT2D eigenvalue weighted by Crippen LogP contribution is -2.40. The molecule has 3 heterocycles. The van der Waals surface area contributed by atoms with Gasteiger partial charge in [0.2, 0.25) is 0 Å². The summed E-state index contributed by atoms with van der Waals surface area (Å²) in [5.41, 5.74) is 6.21. The van der Waals surface area contributed by atoms with Gasteiger partial charge in [0.25, 0.3) is 5.91 Å². The van der Waals surface area contributed by atoms with E-state index in [2.05, 4.69) is 15.5 Å². The number of nitrogens with one attached hydrogen (secondary N) is 1. The van der Waals surface area contributed by atoms with Crippen LogP contribution in [0.2, 0.25) is 0 Å². The van der Waals surface area contributed by atoms with Gasteiger partial charge in [0.05, 0.1) is 17.5 Å². The number of thiophene rings is 1. The number of carbonyl (C=O) groups is 1. The van der Waals surface area contributed by atoms with Crippen molar-refractivity contribution in [2.75, 3.05) is 18.9 Å². The van der Waals surface area contributed by atoms with Gasteiger partial charge in [-0.25, -0.2) is 0 Å². The number of nitrogens with zero attached hydrogens (tertiary/aromatic N) is 2. The van der Waals surface area contributed by atoms with E-state index in [1.807, 2.05) is 6.92 Å². The normalized spacial score (nSPS) is 22.2. The highest BCUT2D eigenvalue weighted by Crippen LogP contribution is 2.31. The summed E-state index contributed by atoms with van der Waals surface area (Å²) in [7, 11) is 0. The Hall–Kier alpha value is -1.73. The average Bonchev–Trinajstić information content (AvgIpc) is 3.02. The second kappa shape index (κ2) is 4.99. The second-order valence-corrected chi connectivity index (χ2v) is 6.18. The van der Waals surface area contributed by atoms with Crippen LogP contribution in [0.15, 0.2) is 12.3 Å². The summed E-state index contributed by atoms with van der Waals surface area (Å²) in [6.45, 7) is 3.26. The summed E-state index contributed by atoms with van der Waals surface area (Å²) in [5, 5.41) is 11.5. The molecule has 106 valence electrons. The number of anilines is 1. The fourth-order valence-electron chi connectivity index (χ4n) is 2.37. The van der Waals surface area contributed by atoms with E-state index in [9.17, 15) is 4.79 Å². The maximum Gasteiger partial charge on any atom is 0.263 e. The van der Waals surface area contributed by atoms with Crippen molar-refractivity contribution in [3.05, 3.63) is 17.1 Å². The predicted octanol–water partition coefficient (Wildman–Crippen LogP) is 1.57. The number of ether oxygens (including phenoxy) is 1. The zero-order valence-electron chi connectivity index (χ0n) is 11.2. The van der Waals surface area contributed by atoms with E-state index in [4.69, 9.17) is 10.5 Å². The number of carbonyl (C=O) groups excluding carboxylic acids is 1. The molecule has 0 saturated carbocycles. The number of amides is 1. The zero-order valence-corrected chi connectivity index (χ0v) is 12.0. The minimum absolute atomic E-state index is 0.178. The molecule has 0 bridgehead atoms. The van der Waals surface area contributed by atoms with E-state index < -0.39 is 0 Å². The van der Waals surface area contributed by atoms with Gasteiger partial charge in [0.15, 0.2) is 0 Å². The third-order valence-electron chi connectivity index (χ3n) is 3.55. The van der Waals surface area contributed by atoms with Crippen LogP contribution >= 0.6 is 11.3 Å². The Balaban J connectivity index is 1.77. The molecule has 1 atom stereocenters. The Labute approximate surface area is 120 Å². The highest BCUT2D eigenvalue weighted by molar-refractivity contribution is 7.21. The molecule has 1 unspecified atom stereocenters. The molecule has 1 amide bonds. The summed E-state index contributed by atoms with van der Waals surface area (Å²) in [5.74, 6) is -0.178. The van der Waals surface area contributed by atoms with Crippen LogP contribution in [-0.2, 0) is 4.74 Å². The molecule has 1 saturated heterocycles. The van der Waals surface area contributed by atoms with Gasteiger partial charge < -0.3 is 15.8 Å². The van der Waals surface area contributed by atoms with Crippen LogP contribution in [0.1, 0.15) is 29.4 Å². The third-order valence-corrected chi connectivity index (χ3v) is 4.65. The Morgan fingerprint density at radius 2 is 2.50 bits per heavy atom. The molecule has 0 aromatic carbocycles. The maximum atomic E-state index is 12.2. The molecule has 20 heavy (non-hydrogen) atoms. The number of rotatable bonds is 3. The summed E-state index contributed by atoms with van der Waals surface area (Å²) in [6.07, 6.45) is 3.56.